The number of fused-ring (bicyclic) bond motifs is 1. The predicted octanol–water partition coefficient (Wildman–Crippen LogP) is 7.24. The van der Waals surface area contributed by atoms with E-state index in [-0.39, 0.29) is 57.2 Å². The van der Waals surface area contributed by atoms with Gasteiger partial charge in [-0.1, -0.05) is 29.3 Å². The number of halogens is 6. The highest BCUT2D eigenvalue weighted by atomic mass is 35.5. The average molecular weight is 588 g/mol. The number of ether oxygens (including phenoxy) is 5. The Labute approximate surface area is 229 Å². The first-order valence-electron chi connectivity index (χ1n) is 11.7. The van der Waals surface area contributed by atoms with Crippen LogP contribution < -0.4 is 18.9 Å². The van der Waals surface area contributed by atoms with Crippen LogP contribution in [0.1, 0.15) is 40.4 Å². The fourth-order valence-electron chi connectivity index (χ4n) is 3.84. The van der Waals surface area contributed by atoms with Crippen molar-refractivity contribution in [3.8, 4) is 23.0 Å². The van der Waals surface area contributed by atoms with Crippen molar-refractivity contribution in [1.82, 2.24) is 4.98 Å². The van der Waals surface area contributed by atoms with E-state index in [0.717, 1.165) is 12.8 Å². The number of hydrogen-bond donors (Lipinski definition) is 0. The molecule has 1 aromatic heterocycles. The first kappa shape index (κ1) is 27.1. The van der Waals surface area contributed by atoms with Crippen LogP contribution in [0.15, 0.2) is 48.8 Å². The van der Waals surface area contributed by atoms with Crippen molar-refractivity contribution < 1.29 is 46.0 Å². The van der Waals surface area contributed by atoms with E-state index in [0.29, 0.717) is 11.5 Å². The fraction of sp³-hybridized carbons (Fsp3) is 0.308. The highest BCUT2D eigenvalue weighted by Crippen LogP contribution is 2.43. The monoisotopic (exact) mass is 587 g/mol. The highest BCUT2D eigenvalue weighted by Gasteiger charge is 2.43. The van der Waals surface area contributed by atoms with Crippen molar-refractivity contribution in [2.24, 2.45) is 5.92 Å². The van der Waals surface area contributed by atoms with E-state index in [1.54, 1.807) is 0 Å². The number of nitrogens with zero attached hydrogens (tertiary/aromatic N) is 1. The van der Waals surface area contributed by atoms with E-state index in [9.17, 15) is 22.4 Å². The number of pyridine rings is 1. The first-order valence-corrected chi connectivity index (χ1v) is 12.4. The zero-order valence-electron chi connectivity index (χ0n) is 19.8. The Kier molecular flexibility index (Phi) is 7.64. The summed E-state index contributed by atoms with van der Waals surface area (Å²) in [7, 11) is 0. The molecule has 1 unspecified atom stereocenters. The number of rotatable bonds is 10. The smallest absolute Gasteiger partial charge is 0.489 e. The van der Waals surface area contributed by atoms with E-state index in [2.05, 4.69) is 19.2 Å². The first-order chi connectivity index (χ1) is 18.6. The summed E-state index contributed by atoms with van der Waals surface area (Å²) in [6.45, 7) is -2.81. The Hall–Kier alpha value is -3.44. The molecule has 1 fully saturated rings. The second kappa shape index (κ2) is 11.0. The number of esters is 1. The zero-order valence-corrected chi connectivity index (χ0v) is 21.4. The maximum atomic E-state index is 13.6. The van der Waals surface area contributed by atoms with Gasteiger partial charge in [0.15, 0.2) is 23.0 Å². The van der Waals surface area contributed by atoms with Crippen LogP contribution in [-0.4, -0.2) is 30.5 Å². The van der Waals surface area contributed by atoms with Gasteiger partial charge in [0.2, 0.25) is 0 Å². The van der Waals surface area contributed by atoms with E-state index in [4.69, 9.17) is 32.7 Å². The largest absolute Gasteiger partial charge is 0.586 e. The molecule has 0 bridgehead atoms. The molecule has 0 spiro atoms. The SMILES string of the molecule is O=C(OC(Cc1c(Cl)cncc1Cl)c1ccc2c(c1)OC(F)(F)O2)c1ccc(OC(F)F)c(OCC2CC2)c1. The molecule has 5 rings (SSSR count). The summed E-state index contributed by atoms with van der Waals surface area (Å²) in [6, 6.07) is 7.59. The minimum absolute atomic E-state index is 0.0217. The minimum Gasteiger partial charge on any atom is -0.489 e. The van der Waals surface area contributed by atoms with Gasteiger partial charge in [-0.2, -0.15) is 8.78 Å². The van der Waals surface area contributed by atoms with Gasteiger partial charge in [-0.25, -0.2) is 4.79 Å². The summed E-state index contributed by atoms with van der Waals surface area (Å²) in [5, 5.41) is 0.389. The van der Waals surface area contributed by atoms with Crippen molar-refractivity contribution in [3.63, 3.8) is 0 Å². The van der Waals surface area contributed by atoms with Crippen molar-refractivity contribution >= 4 is 29.2 Å². The average Bonchev–Trinajstić information content (AvgIpc) is 3.64. The van der Waals surface area contributed by atoms with Gasteiger partial charge in [0, 0.05) is 18.8 Å². The molecular weight excluding hydrogens is 569 g/mol. The minimum atomic E-state index is -3.84. The van der Waals surface area contributed by atoms with Crippen LogP contribution in [0, 0.1) is 5.92 Å². The molecule has 1 aliphatic heterocycles. The molecule has 13 heteroatoms. The topological polar surface area (TPSA) is 76.1 Å². The van der Waals surface area contributed by atoms with Crippen molar-refractivity contribution in [2.45, 2.75) is 38.3 Å². The molecule has 1 saturated carbocycles. The Bertz CT molecular complexity index is 1370. The van der Waals surface area contributed by atoms with Gasteiger partial charge in [0.05, 0.1) is 22.2 Å². The molecule has 206 valence electrons. The van der Waals surface area contributed by atoms with E-state index in [1.165, 1.54) is 48.8 Å². The fourth-order valence-corrected chi connectivity index (χ4v) is 4.36. The van der Waals surface area contributed by atoms with Gasteiger partial charge in [0.25, 0.3) is 0 Å². The Morgan fingerprint density at radius 3 is 2.44 bits per heavy atom. The molecule has 1 aliphatic carbocycles. The third-order valence-electron chi connectivity index (χ3n) is 5.96. The van der Waals surface area contributed by atoms with Crippen LogP contribution in [0.25, 0.3) is 0 Å². The molecular formula is C26H19Cl2F4NO6. The Balaban J connectivity index is 1.44. The lowest BCUT2D eigenvalue weighted by molar-refractivity contribution is -0.286. The molecule has 2 heterocycles. The van der Waals surface area contributed by atoms with Crippen molar-refractivity contribution in [1.29, 1.82) is 0 Å². The maximum Gasteiger partial charge on any atom is 0.586 e. The van der Waals surface area contributed by atoms with Crippen LogP contribution in [0.4, 0.5) is 17.6 Å². The summed E-state index contributed by atoms with van der Waals surface area (Å²) in [5.41, 5.74) is 0.644. The number of benzene rings is 2. The molecule has 0 amide bonds. The number of carbonyl (C=O) groups excluding carboxylic acids is 1. The molecule has 2 aliphatic rings. The second-order valence-electron chi connectivity index (χ2n) is 8.85. The van der Waals surface area contributed by atoms with Crippen LogP contribution in [0.2, 0.25) is 10.0 Å². The predicted molar refractivity (Wildman–Crippen MR) is 130 cm³/mol. The molecule has 3 aromatic rings. The van der Waals surface area contributed by atoms with Crippen LogP contribution >= 0.6 is 23.2 Å². The maximum absolute atomic E-state index is 13.6. The van der Waals surface area contributed by atoms with Gasteiger partial charge in [-0.05, 0) is 60.2 Å². The van der Waals surface area contributed by atoms with E-state index in [1.807, 2.05) is 0 Å². The van der Waals surface area contributed by atoms with Gasteiger partial charge in [0.1, 0.15) is 6.10 Å². The third kappa shape index (κ3) is 6.59. The lowest BCUT2D eigenvalue weighted by atomic mass is 10.0. The summed E-state index contributed by atoms with van der Waals surface area (Å²) >= 11 is 12.5. The van der Waals surface area contributed by atoms with Crippen LogP contribution in [0.3, 0.4) is 0 Å². The summed E-state index contributed by atoms with van der Waals surface area (Å²) < 4.78 is 77.8. The molecule has 7 nitrogen and oxygen atoms in total. The lowest BCUT2D eigenvalue weighted by Crippen LogP contribution is -2.25. The van der Waals surface area contributed by atoms with Gasteiger partial charge in [-0.3, -0.25) is 4.98 Å². The molecule has 1 atom stereocenters. The molecule has 0 radical (unpaired) electrons. The zero-order chi connectivity index (χ0) is 27.7. The van der Waals surface area contributed by atoms with Crippen molar-refractivity contribution in [3.05, 3.63) is 75.5 Å². The number of aromatic nitrogens is 1. The third-order valence-corrected chi connectivity index (χ3v) is 6.61. The van der Waals surface area contributed by atoms with Crippen LogP contribution in [-0.2, 0) is 11.2 Å². The van der Waals surface area contributed by atoms with Gasteiger partial charge >= 0.3 is 18.9 Å². The van der Waals surface area contributed by atoms with E-state index >= 15 is 0 Å². The molecule has 39 heavy (non-hydrogen) atoms. The van der Waals surface area contributed by atoms with Gasteiger partial charge < -0.3 is 23.7 Å². The lowest BCUT2D eigenvalue weighted by Gasteiger charge is -2.20. The number of hydrogen-bond acceptors (Lipinski definition) is 7. The van der Waals surface area contributed by atoms with E-state index < -0.39 is 25.0 Å². The summed E-state index contributed by atoms with van der Waals surface area (Å²) in [4.78, 5) is 17.1. The molecule has 0 N–H and O–H groups in total. The standard InChI is InChI=1S/C26H19Cl2F4NO6/c27-17-10-33-11-18(28)16(17)9-21(14-3-6-20-23(7-14)39-26(31,32)38-20)36-24(34)15-4-5-19(37-25(29)30)22(8-15)35-12-13-1-2-13/h3-8,10-11,13,21,25H,1-2,9,12H2. The highest BCUT2D eigenvalue weighted by molar-refractivity contribution is 6.35. The summed E-state index contributed by atoms with van der Waals surface area (Å²) in [5.74, 6) is -1.28. The number of carbonyl (C=O) groups is 1. The Morgan fingerprint density at radius 1 is 1.03 bits per heavy atom. The second-order valence-corrected chi connectivity index (χ2v) is 9.66. The van der Waals surface area contributed by atoms with Crippen LogP contribution in [0.5, 0.6) is 23.0 Å². The van der Waals surface area contributed by atoms with Gasteiger partial charge in [-0.15, -0.1) is 8.78 Å². The molecule has 2 aromatic carbocycles. The quantitative estimate of drug-likeness (QED) is 0.183. The molecule has 0 saturated heterocycles. The normalized spacial score (nSPS) is 16.2. The number of alkyl halides is 4. The van der Waals surface area contributed by atoms with Crippen molar-refractivity contribution in [2.75, 3.05) is 6.61 Å². The Morgan fingerprint density at radius 2 is 1.74 bits per heavy atom. The summed E-state index contributed by atoms with van der Waals surface area (Å²) in [6.07, 6.45) is -0.374.